The van der Waals surface area contributed by atoms with Gasteiger partial charge in [-0.3, -0.25) is 0 Å². The van der Waals surface area contributed by atoms with E-state index < -0.39 is 11.4 Å². The second-order valence-corrected chi connectivity index (χ2v) is 10.1. The Morgan fingerprint density at radius 1 is 1.22 bits per heavy atom. The van der Waals surface area contributed by atoms with Gasteiger partial charge >= 0.3 is 6.03 Å². The topological polar surface area (TPSA) is 83.1 Å². The number of carbonyl (C=O) groups excluding carboxylic acids is 1. The van der Waals surface area contributed by atoms with Crippen molar-refractivity contribution in [2.24, 2.45) is 5.92 Å². The van der Waals surface area contributed by atoms with E-state index in [9.17, 15) is 9.90 Å². The minimum Gasteiger partial charge on any atom is -0.454 e. The lowest BCUT2D eigenvalue weighted by Crippen LogP contribution is -2.53. The number of rotatable bonds is 12. The number of halogens is 1. The molecule has 37 heavy (non-hydrogen) atoms. The number of nitrogens with one attached hydrogen (secondary N) is 2. The number of amides is 2. The molecule has 0 spiro atoms. The number of methoxy groups -OCH3 is 1. The van der Waals surface area contributed by atoms with Gasteiger partial charge in [-0.25, -0.2) is 9.18 Å². The summed E-state index contributed by atoms with van der Waals surface area (Å²) in [4.78, 5) is 14.7. The minimum absolute atomic E-state index is 0.0291. The van der Waals surface area contributed by atoms with Crippen LogP contribution in [0.25, 0.3) is 0 Å². The Bertz CT molecular complexity index is 1020. The zero-order chi connectivity index (χ0) is 26.8. The van der Waals surface area contributed by atoms with Crippen LogP contribution in [0.5, 0.6) is 11.5 Å². The number of unbranched alkanes of at least 4 members (excludes halogenated alkanes) is 1. The summed E-state index contributed by atoms with van der Waals surface area (Å²) in [6.45, 7) is 6.02. The molecule has 0 aromatic heterocycles. The second-order valence-electron chi connectivity index (χ2n) is 10.1. The predicted molar refractivity (Wildman–Crippen MR) is 143 cm³/mol. The number of likely N-dealkylation sites (tertiary alicyclic amines) is 1. The number of piperidine rings is 1. The lowest BCUT2D eigenvalue weighted by Gasteiger charge is -2.43. The van der Waals surface area contributed by atoms with Crippen LogP contribution in [-0.4, -0.2) is 62.5 Å². The highest BCUT2D eigenvalue weighted by Crippen LogP contribution is 2.43. The fourth-order valence-electron chi connectivity index (χ4n) is 5.12. The van der Waals surface area contributed by atoms with Gasteiger partial charge in [0.2, 0.25) is 0 Å². The summed E-state index contributed by atoms with van der Waals surface area (Å²) in [5.41, 5.74) is -0.353. The average Bonchev–Trinajstić information content (AvgIpc) is 2.89. The quantitative estimate of drug-likeness (QED) is 0.348. The van der Waals surface area contributed by atoms with Crippen molar-refractivity contribution < 1.29 is 23.8 Å². The molecule has 0 unspecified atom stereocenters. The molecule has 3 atom stereocenters. The third-order valence-corrected chi connectivity index (χ3v) is 7.16. The Labute approximate surface area is 220 Å². The number of aryl methyl sites for hydroxylation is 1. The van der Waals surface area contributed by atoms with Gasteiger partial charge in [0.1, 0.15) is 5.75 Å². The lowest BCUT2D eigenvalue weighted by molar-refractivity contribution is -0.0589. The summed E-state index contributed by atoms with van der Waals surface area (Å²) in [5, 5.41) is 18.3. The van der Waals surface area contributed by atoms with Crippen LogP contribution in [0, 0.1) is 18.7 Å². The van der Waals surface area contributed by atoms with Crippen LogP contribution in [-0.2, 0) is 10.3 Å². The number of aliphatic hydroxyl groups is 1. The van der Waals surface area contributed by atoms with Gasteiger partial charge in [-0.1, -0.05) is 30.3 Å². The monoisotopic (exact) mass is 515 g/mol. The molecule has 3 N–H and O–H groups in total. The molecular formula is C29H42FN3O4. The Hall–Kier alpha value is -2.68. The number of urea groups is 1. The molecule has 2 aromatic rings. The summed E-state index contributed by atoms with van der Waals surface area (Å²) < 4.78 is 27.2. The largest absolute Gasteiger partial charge is 0.454 e. The van der Waals surface area contributed by atoms with Crippen molar-refractivity contribution in [3.63, 3.8) is 0 Å². The molecule has 0 bridgehead atoms. The minimum atomic E-state index is -1.46. The van der Waals surface area contributed by atoms with E-state index in [1.54, 1.807) is 36.3 Å². The van der Waals surface area contributed by atoms with Crippen molar-refractivity contribution in [2.45, 2.75) is 57.6 Å². The highest BCUT2D eigenvalue weighted by atomic mass is 19.1. The summed E-state index contributed by atoms with van der Waals surface area (Å²) in [6, 6.07) is 12.2. The fourth-order valence-corrected chi connectivity index (χ4v) is 5.12. The van der Waals surface area contributed by atoms with Crippen LogP contribution in [0.3, 0.4) is 0 Å². The van der Waals surface area contributed by atoms with Gasteiger partial charge in [0.25, 0.3) is 0 Å². The highest BCUT2D eigenvalue weighted by Gasteiger charge is 2.43. The van der Waals surface area contributed by atoms with E-state index in [0.29, 0.717) is 51.3 Å². The van der Waals surface area contributed by atoms with Gasteiger partial charge in [-0.2, -0.15) is 0 Å². The molecule has 0 aliphatic carbocycles. The van der Waals surface area contributed by atoms with Gasteiger partial charge in [0, 0.05) is 50.9 Å². The van der Waals surface area contributed by atoms with Crippen LogP contribution >= 0.6 is 0 Å². The van der Waals surface area contributed by atoms with Crippen molar-refractivity contribution in [1.82, 2.24) is 15.5 Å². The Kier molecular flexibility index (Phi) is 10.7. The molecular weight excluding hydrogens is 473 g/mol. The van der Waals surface area contributed by atoms with E-state index >= 15 is 4.39 Å². The maximum Gasteiger partial charge on any atom is 0.317 e. The maximum atomic E-state index is 16.0. The zero-order valence-electron chi connectivity index (χ0n) is 22.6. The molecule has 0 radical (unpaired) electrons. The third kappa shape index (κ3) is 7.43. The Morgan fingerprint density at radius 2 is 1.97 bits per heavy atom. The van der Waals surface area contributed by atoms with E-state index in [2.05, 4.69) is 10.6 Å². The molecule has 1 fully saturated rings. The third-order valence-electron chi connectivity index (χ3n) is 7.16. The molecule has 2 aromatic carbocycles. The van der Waals surface area contributed by atoms with E-state index in [0.717, 1.165) is 18.4 Å². The Balaban J connectivity index is 1.89. The molecule has 1 heterocycles. The van der Waals surface area contributed by atoms with E-state index in [4.69, 9.17) is 9.47 Å². The smallest absolute Gasteiger partial charge is 0.317 e. The molecule has 204 valence electrons. The molecule has 8 heteroatoms. The number of para-hydroxylation sites is 1. The van der Waals surface area contributed by atoms with Gasteiger partial charge < -0.3 is 30.1 Å². The van der Waals surface area contributed by atoms with Gasteiger partial charge in [0.15, 0.2) is 11.6 Å². The van der Waals surface area contributed by atoms with Crippen LogP contribution < -0.4 is 15.4 Å². The van der Waals surface area contributed by atoms with Crippen molar-refractivity contribution in [2.75, 3.05) is 40.4 Å². The zero-order valence-corrected chi connectivity index (χ0v) is 22.6. The first-order valence-electron chi connectivity index (χ1n) is 13.2. The standard InChI is InChI=1S/C29H42FN3O4/c1-21-11-5-6-14-25(21)37-26-15-9-13-24(27(26)30)29(35,16-7-8-18-36-4)23-12-10-17-33(20-23)28(34)32-22(2)19-31-3/h5-6,9,11,13-15,22-23,31,35H,7-8,10,12,16-20H2,1-4H3,(H,32,34)/t22-,23+,29-/m0/s1. The predicted octanol–water partition coefficient (Wildman–Crippen LogP) is 4.96. The molecule has 0 saturated carbocycles. The normalized spacial score (nSPS) is 18.2. The summed E-state index contributed by atoms with van der Waals surface area (Å²) in [6.07, 6.45) is 3.20. The SMILES string of the molecule is CNC[C@H](C)NC(=O)N1CCC[C@@H]([C@@](O)(CCCCOC)c2cccc(Oc3ccccc3C)c2F)C1. The van der Waals surface area contributed by atoms with E-state index in [-0.39, 0.29) is 29.3 Å². The first-order valence-corrected chi connectivity index (χ1v) is 13.2. The number of hydrogen-bond acceptors (Lipinski definition) is 5. The molecule has 1 saturated heterocycles. The van der Waals surface area contributed by atoms with Crippen molar-refractivity contribution in [3.05, 3.63) is 59.4 Å². The highest BCUT2D eigenvalue weighted by molar-refractivity contribution is 5.74. The molecule has 7 nitrogen and oxygen atoms in total. The first-order chi connectivity index (χ1) is 17.8. The summed E-state index contributed by atoms with van der Waals surface area (Å²) in [5.74, 6) is -0.242. The summed E-state index contributed by atoms with van der Waals surface area (Å²) >= 11 is 0. The van der Waals surface area contributed by atoms with E-state index in [1.165, 1.54) is 0 Å². The number of benzene rings is 2. The number of nitrogens with zero attached hydrogens (tertiary/aromatic N) is 1. The maximum absolute atomic E-state index is 16.0. The lowest BCUT2D eigenvalue weighted by atomic mass is 9.74. The van der Waals surface area contributed by atoms with Gasteiger partial charge in [-0.05, 0) is 70.7 Å². The van der Waals surface area contributed by atoms with Crippen molar-refractivity contribution >= 4 is 6.03 Å². The Morgan fingerprint density at radius 3 is 2.70 bits per heavy atom. The summed E-state index contributed by atoms with van der Waals surface area (Å²) in [7, 11) is 3.49. The van der Waals surface area contributed by atoms with E-state index in [1.807, 2.05) is 39.1 Å². The number of carbonyl (C=O) groups is 1. The van der Waals surface area contributed by atoms with Crippen molar-refractivity contribution in [1.29, 1.82) is 0 Å². The van der Waals surface area contributed by atoms with Crippen LogP contribution in [0.4, 0.5) is 9.18 Å². The average molecular weight is 516 g/mol. The fraction of sp³-hybridized carbons (Fsp3) is 0.552. The number of likely N-dealkylation sites (N-methyl/N-ethyl adjacent to an activating group) is 1. The van der Waals surface area contributed by atoms with Crippen LogP contribution in [0.2, 0.25) is 0 Å². The number of ether oxygens (including phenoxy) is 2. The second kappa shape index (κ2) is 13.7. The molecule has 1 aliphatic heterocycles. The first kappa shape index (κ1) is 28.9. The van der Waals surface area contributed by atoms with Crippen LogP contribution in [0.1, 0.15) is 50.2 Å². The molecule has 2 amide bonds. The van der Waals surface area contributed by atoms with Gasteiger partial charge in [0.05, 0.1) is 5.60 Å². The van der Waals surface area contributed by atoms with Crippen molar-refractivity contribution in [3.8, 4) is 11.5 Å². The van der Waals surface area contributed by atoms with Crippen LogP contribution in [0.15, 0.2) is 42.5 Å². The molecule has 1 aliphatic rings. The van der Waals surface area contributed by atoms with Gasteiger partial charge in [-0.15, -0.1) is 0 Å². The molecule has 3 rings (SSSR count). The number of hydrogen-bond donors (Lipinski definition) is 3.